The van der Waals surface area contributed by atoms with Crippen LogP contribution in [0.2, 0.25) is 5.02 Å². The summed E-state index contributed by atoms with van der Waals surface area (Å²) in [5.74, 6) is 5.99. The van der Waals surface area contributed by atoms with Crippen LogP contribution in [0.5, 0.6) is 0 Å². The number of carbonyl (C=O) groups is 1. The molecule has 1 aromatic rings. The molecule has 2 rings (SSSR count). The summed E-state index contributed by atoms with van der Waals surface area (Å²) in [6.07, 6.45) is 4.86. The molecule has 6 nitrogen and oxygen atoms in total. The number of nitrogen functional groups attached to an aromatic ring is 1. The van der Waals surface area contributed by atoms with Gasteiger partial charge in [0.05, 0.1) is 17.0 Å². The van der Waals surface area contributed by atoms with Gasteiger partial charge in [0.1, 0.15) is 5.03 Å². The van der Waals surface area contributed by atoms with E-state index in [0.717, 1.165) is 25.9 Å². The highest BCUT2D eigenvalue weighted by Gasteiger charge is 2.17. The number of rotatable bonds is 4. The van der Waals surface area contributed by atoms with Crippen molar-refractivity contribution in [2.45, 2.75) is 24.3 Å². The summed E-state index contributed by atoms with van der Waals surface area (Å²) < 4.78 is 0. The lowest BCUT2D eigenvalue weighted by molar-refractivity contribution is -0.129. The number of carbonyl (C=O) groups excluding carboxylic acids is 1. The highest BCUT2D eigenvalue weighted by molar-refractivity contribution is 8.00. The quantitative estimate of drug-likeness (QED) is 0.380. The number of nitrogens with one attached hydrogen (secondary N) is 1. The van der Waals surface area contributed by atoms with Crippen LogP contribution in [0.15, 0.2) is 11.2 Å². The van der Waals surface area contributed by atoms with Gasteiger partial charge in [-0.2, -0.15) is 0 Å². The number of thioether (sulfide) groups is 1. The molecule has 1 amide bonds. The van der Waals surface area contributed by atoms with E-state index >= 15 is 0 Å². The Bertz CT molecular complexity index is 453. The number of piperidine rings is 1. The highest BCUT2D eigenvalue weighted by atomic mass is 35.5. The van der Waals surface area contributed by atoms with Gasteiger partial charge in [-0.15, -0.1) is 0 Å². The van der Waals surface area contributed by atoms with Crippen LogP contribution in [0.3, 0.4) is 0 Å². The summed E-state index contributed by atoms with van der Waals surface area (Å²) in [5, 5.41) is 0.991. The average molecular weight is 302 g/mol. The molecule has 1 aliphatic rings. The zero-order chi connectivity index (χ0) is 13.7. The molecular weight excluding hydrogens is 286 g/mol. The Morgan fingerprint density at radius 2 is 2.21 bits per heavy atom. The summed E-state index contributed by atoms with van der Waals surface area (Å²) in [5.41, 5.74) is 2.36. The molecule has 0 spiro atoms. The predicted octanol–water partition coefficient (Wildman–Crippen LogP) is 1.52. The molecule has 0 bridgehead atoms. The maximum atomic E-state index is 12.0. The molecule has 0 aromatic carbocycles. The lowest BCUT2D eigenvalue weighted by Crippen LogP contribution is -2.36. The Morgan fingerprint density at radius 3 is 2.89 bits per heavy atom. The number of nitrogens with zero attached hydrogens (tertiary/aromatic N) is 3. The molecule has 0 aliphatic carbocycles. The topological polar surface area (TPSA) is 84.1 Å². The largest absolute Gasteiger partial charge is 0.342 e. The second kappa shape index (κ2) is 6.93. The average Bonchev–Trinajstić information content (AvgIpc) is 2.47. The van der Waals surface area contributed by atoms with Gasteiger partial charge in [0.25, 0.3) is 0 Å². The lowest BCUT2D eigenvalue weighted by Gasteiger charge is -2.26. The second-order valence-electron chi connectivity index (χ2n) is 4.22. The third-order valence-electron chi connectivity index (χ3n) is 2.88. The van der Waals surface area contributed by atoms with Gasteiger partial charge in [-0.1, -0.05) is 23.4 Å². The van der Waals surface area contributed by atoms with E-state index in [-0.39, 0.29) is 11.9 Å². The van der Waals surface area contributed by atoms with Gasteiger partial charge in [-0.05, 0) is 19.3 Å². The van der Waals surface area contributed by atoms with Gasteiger partial charge < -0.3 is 4.90 Å². The van der Waals surface area contributed by atoms with Crippen LogP contribution >= 0.6 is 23.4 Å². The molecule has 0 unspecified atom stereocenters. The Labute approximate surface area is 121 Å². The number of likely N-dealkylation sites (tertiary alicyclic amines) is 1. The third kappa shape index (κ3) is 3.95. The van der Waals surface area contributed by atoms with Crippen LogP contribution in [0.4, 0.5) is 5.95 Å². The minimum Gasteiger partial charge on any atom is -0.342 e. The zero-order valence-corrected chi connectivity index (χ0v) is 12.0. The molecular formula is C11H16ClN5OS. The van der Waals surface area contributed by atoms with Crippen LogP contribution in [-0.2, 0) is 4.79 Å². The minimum absolute atomic E-state index is 0.127. The number of hydrazine groups is 1. The molecule has 3 N–H and O–H groups in total. The van der Waals surface area contributed by atoms with Crippen molar-refractivity contribution in [3.05, 3.63) is 11.2 Å². The van der Waals surface area contributed by atoms with Crippen molar-refractivity contribution in [3.63, 3.8) is 0 Å². The van der Waals surface area contributed by atoms with E-state index in [1.807, 2.05) is 4.90 Å². The Kier molecular flexibility index (Phi) is 5.24. The van der Waals surface area contributed by atoms with Gasteiger partial charge >= 0.3 is 0 Å². The number of amides is 1. The molecule has 1 aromatic heterocycles. The summed E-state index contributed by atoms with van der Waals surface area (Å²) in [6.45, 7) is 1.71. The smallest absolute Gasteiger partial charge is 0.238 e. The number of hydrogen-bond donors (Lipinski definition) is 2. The Morgan fingerprint density at radius 1 is 1.47 bits per heavy atom. The van der Waals surface area contributed by atoms with Crippen LogP contribution in [-0.4, -0.2) is 39.6 Å². The first-order valence-corrected chi connectivity index (χ1v) is 7.47. The Hall–Kier alpha value is -1.05. The van der Waals surface area contributed by atoms with Gasteiger partial charge in [0.15, 0.2) is 0 Å². The van der Waals surface area contributed by atoms with E-state index < -0.39 is 0 Å². The van der Waals surface area contributed by atoms with Crippen LogP contribution in [0.25, 0.3) is 0 Å². The summed E-state index contributed by atoms with van der Waals surface area (Å²) in [4.78, 5) is 21.9. The van der Waals surface area contributed by atoms with Crippen molar-refractivity contribution in [2.75, 3.05) is 24.3 Å². The second-order valence-corrected chi connectivity index (χ2v) is 5.59. The van der Waals surface area contributed by atoms with E-state index in [2.05, 4.69) is 15.4 Å². The SMILES string of the molecule is NNc1ncc(Cl)c(SCC(=O)N2CCCCC2)n1. The normalized spacial score (nSPS) is 15.4. The van der Waals surface area contributed by atoms with Crippen molar-refractivity contribution in [1.29, 1.82) is 0 Å². The molecule has 8 heteroatoms. The van der Waals surface area contributed by atoms with Crippen LogP contribution in [0, 0.1) is 0 Å². The first-order valence-electron chi connectivity index (χ1n) is 6.10. The van der Waals surface area contributed by atoms with Crippen molar-refractivity contribution < 1.29 is 4.79 Å². The fourth-order valence-corrected chi connectivity index (χ4v) is 2.93. The maximum Gasteiger partial charge on any atom is 0.238 e. The molecule has 19 heavy (non-hydrogen) atoms. The number of aromatic nitrogens is 2. The molecule has 1 fully saturated rings. The monoisotopic (exact) mass is 301 g/mol. The molecule has 0 atom stereocenters. The van der Waals surface area contributed by atoms with Gasteiger partial charge in [0, 0.05) is 13.1 Å². The van der Waals surface area contributed by atoms with E-state index in [1.54, 1.807) is 0 Å². The molecule has 1 aliphatic heterocycles. The summed E-state index contributed by atoms with van der Waals surface area (Å²) in [7, 11) is 0. The number of hydrogen-bond acceptors (Lipinski definition) is 6. The molecule has 2 heterocycles. The fraction of sp³-hybridized carbons (Fsp3) is 0.545. The van der Waals surface area contributed by atoms with Gasteiger partial charge in [-0.25, -0.2) is 15.8 Å². The number of anilines is 1. The number of halogens is 1. The molecule has 0 radical (unpaired) electrons. The first kappa shape index (κ1) is 14.4. The minimum atomic E-state index is 0.127. The Balaban J connectivity index is 1.92. The van der Waals surface area contributed by atoms with E-state index in [4.69, 9.17) is 17.4 Å². The highest BCUT2D eigenvalue weighted by Crippen LogP contribution is 2.25. The molecule has 0 saturated carbocycles. The number of nitrogens with two attached hydrogens (primary N) is 1. The van der Waals surface area contributed by atoms with E-state index in [1.165, 1.54) is 24.4 Å². The molecule has 104 valence electrons. The van der Waals surface area contributed by atoms with E-state index in [9.17, 15) is 4.79 Å². The summed E-state index contributed by atoms with van der Waals surface area (Å²) >= 11 is 7.29. The zero-order valence-electron chi connectivity index (χ0n) is 10.4. The predicted molar refractivity (Wildman–Crippen MR) is 76.0 cm³/mol. The van der Waals surface area contributed by atoms with Crippen molar-refractivity contribution in [1.82, 2.24) is 14.9 Å². The van der Waals surface area contributed by atoms with Crippen molar-refractivity contribution in [3.8, 4) is 0 Å². The maximum absolute atomic E-state index is 12.0. The van der Waals surface area contributed by atoms with Crippen LogP contribution in [0.1, 0.15) is 19.3 Å². The van der Waals surface area contributed by atoms with Crippen LogP contribution < -0.4 is 11.3 Å². The first-order chi connectivity index (χ1) is 9.20. The van der Waals surface area contributed by atoms with Crippen molar-refractivity contribution in [2.24, 2.45) is 5.84 Å². The fourth-order valence-electron chi connectivity index (χ4n) is 1.89. The van der Waals surface area contributed by atoms with Gasteiger partial charge in [-0.3, -0.25) is 10.2 Å². The molecule has 1 saturated heterocycles. The van der Waals surface area contributed by atoms with Crippen molar-refractivity contribution >= 4 is 35.2 Å². The third-order valence-corrected chi connectivity index (χ3v) is 4.25. The summed E-state index contributed by atoms with van der Waals surface area (Å²) in [6, 6.07) is 0. The lowest BCUT2D eigenvalue weighted by atomic mass is 10.1. The standard InChI is InChI=1S/C11H16ClN5OS/c12-8-6-14-11(16-13)15-10(8)19-7-9(18)17-4-2-1-3-5-17/h6H,1-5,7,13H2,(H,14,15,16). The van der Waals surface area contributed by atoms with E-state index in [0.29, 0.717) is 15.8 Å². The van der Waals surface area contributed by atoms with Gasteiger partial charge in [0.2, 0.25) is 11.9 Å².